The van der Waals surface area contributed by atoms with Gasteiger partial charge in [0.25, 0.3) is 0 Å². The van der Waals surface area contributed by atoms with Gasteiger partial charge in [0.05, 0.1) is 0 Å². The number of halogens is 1. The Morgan fingerprint density at radius 2 is 1.92 bits per heavy atom. The first-order valence-electron chi connectivity index (χ1n) is 3.59. The van der Waals surface area contributed by atoms with Crippen molar-refractivity contribution in [3.8, 4) is 0 Å². The normalized spacial score (nSPS) is 9.08. The molecular weight excluding hydrogens is 170 g/mol. The zero-order valence-electron chi connectivity index (χ0n) is 6.68. The number of fused-ring (bicyclic) bond motifs is 1. The van der Waals surface area contributed by atoms with Crippen molar-refractivity contribution < 1.29 is 0 Å². The molecule has 2 aromatic rings. The molecule has 1 N–H and O–H groups in total. The van der Waals surface area contributed by atoms with Gasteiger partial charge in [-0.2, -0.15) is 0 Å². The van der Waals surface area contributed by atoms with Gasteiger partial charge in [-0.25, -0.2) is 0 Å². The van der Waals surface area contributed by atoms with Crippen molar-refractivity contribution >= 4 is 22.5 Å². The van der Waals surface area contributed by atoms with Crippen LogP contribution in [0.4, 0.5) is 0 Å². The second-order valence-electron chi connectivity index (χ2n) is 2.21. The fourth-order valence-electron chi connectivity index (χ4n) is 1.02. The first-order chi connectivity index (χ1) is 5.86. The molecule has 0 aliphatic carbocycles. The number of rotatable bonds is 0. The minimum Gasteiger partial charge on any atom is -0.361 e. The lowest BCUT2D eigenvalue weighted by molar-refractivity contribution is 1.48. The molecule has 0 aliphatic heterocycles. The van der Waals surface area contributed by atoms with Crippen LogP contribution in [0.15, 0.2) is 43.6 Å². The molecule has 2 heteroatoms. The Labute approximate surface area is 76.7 Å². The molecule has 0 bridgehead atoms. The third-order valence-corrected chi connectivity index (χ3v) is 1.75. The zero-order valence-corrected chi connectivity index (χ0v) is 7.43. The molecule has 0 unspecified atom stereocenters. The predicted octanol–water partition coefficient (Wildman–Crippen LogP) is 3.62. The van der Waals surface area contributed by atoms with Gasteiger partial charge in [0, 0.05) is 22.1 Å². The van der Waals surface area contributed by atoms with Gasteiger partial charge in [0.1, 0.15) is 0 Å². The molecule has 0 aliphatic rings. The summed E-state index contributed by atoms with van der Waals surface area (Å²) in [5.74, 6) is 0. The number of aromatic amines is 1. The fourth-order valence-corrected chi connectivity index (χ4v) is 1.20. The maximum absolute atomic E-state index is 5.76. The highest BCUT2D eigenvalue weighted by Gasteiger charge is 1.92. The molecule has 0 radical (unpaired) electrons. The Balaban J connectivity index is 0.000000336. The molecule has 62 valence electrons. The number of hydrogen-bond acceptors (Lipinski definition) is 0. The summed E-state index contributed by atoms with van der Waals surface area (Å²) in [6.45, 7) is 6.00. The van der Waals surface area contributed by atoms with Gasteiger partial charge in [0.15, 0.2) is 0 Å². The zero-order chi connectivity index (χ0) is 8.97. The molecule has 12 heavy (non-hydrogen) atoms. The number of benzene rings is 1. The number of aromatic nitrogens is 1. The number of hydrogen-bond donors (Lipinski definition) is 1. The Morgan fingerprint density at radius 1 is 1.17 bits per heavy atom. The van der Waals surface area contributed by atoms with Gasteiger partial charge in [-0.15, -0.1) is 13.2 Å². The van der Waals surface area contributed by atoms with E-state index < -0.39 is 0 Å². The summed E-state index contributed by atoms with van der Waals surface area (Å²) in [5.41, 5.74) is 1.13. The third kappa shape index (κ3) is 1.69. The molecule has 1 heterocycles. The summed E-state index contributed by atoms with van der Waals surface area (Å²) < 4.78 is 0. The van der Waals surface area contributed by atoms with Crippen molar-refractivity contribution in [1.29, 1.82) is 0 Å². The van der Waals surface area contributed by atoms with E-state index in [1.807, 2.05) is 30.5 Å². The van der Waals surface area contributed by atoms with Gasteiger partial charge in [0.2, 0.25) is 0 Å². The summed E-state index contributed by atoms with van der Waals surface area (Å²) in [6, 6.07) is 7.78. The Morgan fingerprint density at radius 3 is 2.67 bits per heavy atom. The maximum atomic E-state index is 5.76. The largest absolute Gasteiger partial charge is 0.361 e. The van der Waals surface area contributed by atoms with Crippen LogP contribution in [0.1, 0.15) is 0 Å². The minimum absolute atomic E-state index is 0.784. The van der Waals surface area contributed by atoms with E-state index in [9.17, 15) is 0 Å². The van der Waals surface area contributed by atoms with Gasteiger partial charge < -0.3 is 4.98 Å². The molecule has 0 atom stereocenters. The SMILES string of the molecule is C=C.Clc1ccc2[nH]ccc2c1. The molecule has 1 nitrogen and oxygen atoms in total. The van der Waals surface area contributed by atoms with Crippen LogP contribution in [0, 0.1) is 0 Å². The van der Waals surface area contributed by atoms with Gasteiger partial charge >= 0.3 is 0 Å². The van der Waals surface area contributed by atoms with Crippen molar-refractivity contribution in [3.63, 3.8) is 0 Å². The van der Waals surface area contributed by atoms with E-state index in [1.165, 1.54) is 0 Å². The summed E-state index contributed by atoms with van der Waals surface area (Å²) in [4.78, 5) is 3.09. The molecular formula is C10H10ClN. The maximum Gasteiger partial charge on any atom is 0.0454 e. The van der Waals surface area contributed by atoms with Crippen molar-refractivity contribution in [2.24, 2.45) is 0 Å². The van der Waals surface area contributed by atoms with E-state index in [-0.39, 0.29) is 0 Å². The van der Waals surface area contributed by atoms with Crippen molar-refractivity contribution in [3.05, 3.63) is 48.6 Å². The van der Waals surface area contributed by atoms with E-state index in [2.05, 4.69) is 18.1 Å². The quantitative estimate of drug-likeness (QED) is 0.595. The summed E-state index contributed by atoms with van der Waals surface area (Å²) >= 11 is 5.76. The monoisotopic (exact) mass is 179 g/mol. The van der Waals surface area contributed by atoms with Crippen LogP contribution in [0.25, 0.3) is 10.9 Å². The smallest absolute Gasteiger partial charge is 0.0454 e. The molecule has 1 aromatic carbocycles. The topological polar surface area (TPSA) is 15.8 Å². The molecule has 0 amide bonds. The predicted molar refractivity (Wildman–Crippen MR) is 54.6 cm³/mol. The minimum atomic E-state index is 0.784. The Hall–Kier alpha value is -1.21. The highest BCUT2D eigenvalue weighted by atomic mass is 35.5. The molecule has 0 saturated heterocycles. The molecule has 0 saturated carbocycles. The lowest BCUT2D eigenvalue weighted by Gasteiger charge is -1.88. The van der Waals surface area contributed by atoms with Crippen LogP contribution in [0.3, 0.4) is 0 Å². The van der Waals surface area contributed by atoms with Crippen LogP contribution < -0.4 is 0 Å². The van der Waals surface area contributed by atoms with Crippen LogP contribution in [-0.2, 0) is 0 Å². The van der Waals surface area contributed by atoms with Crippen molar-refractivity contribution in [1.82, 2.24) is 4.98 Å². The van der Waals surface area contributed by atoms with E-state index in [4.69, 9.17) is 11.6 Å². The highest BCUT2D eigenvalue weighted by Crippen LogP contribution is 2.17. The summed E-state index contributed by atoms with van der Waals surface area (Å²) in [6.07, 6.45) is 1.90. The molecule has 2 rings (SSSR count). The molecule has 0 spiro atoms. The van der Waals surface area contributed by atoms with Crippen molar-refractivity contribution in [2.75, 3.05) is 0 Å². The van der Waals surface area contributed by atoms with Crippen LogP contribution >= 0.6 is 11.6 Å². The molecule has 0 fully saturated rings. The average molecular weight is 180 g/mol. The fraction of sp³-hybridized carbons (Fsp3) is 0. The lowest BCUT2D eigenvalue weighted by atomic mass is 10.2. The average Bonchev–Trinajstić information content (AvgIpc) is 2.54. The number of H-pyrrole nitrogens is 1. The number of nitrogens with one attached hydrogen (secondary N) is 1. The standard InChI is InChI=1S/C8H6ClN.C2H4/c9-7-1-2-8-6(5-7)3-4-10-8;1-2/h1-5,10H;1-2H2. The Kier molecular flexibility index (Phi) is 2.94. The summed E-state index contributed by atoms with van der Waals surface area (Å²) in [7, 11) is 0. The van der Waals surface area contributed by atoms with Crippen molar-refractivity contribution in [2.45, 2.75) is 0 Å². The van der Waals surface area contributed by atoms with Crippen LogP contribution in [-0.4, -0.2) is 4.98 Å². The van der Waals surface area contributed by atoms with E-state index in [0.717, 1.165) is 15.9 Å². The van der Waals surface area contributed by atoms with Gasteiger partial charge in [-0.05, 0) is 24.3 Å². The van der Waals surface area contributed by atoms with Gasteiger partial charge in [-0.1, -0.05) is 11.6 Å². The first kappa shape index (κ1) is 8.88. The van der Waals surface area contributed by atoms with E-state index >= 15 is 0 Å². The Bertz CT molecular complexity index is 365. The second-order valence-corrected chi connectivity index (χ2v) is 2.65. The van der Waals surface area contributed by atoms with Crippen LogP contribution in [0.5, 0.6) is 0 Å². The van der Waals surface area contributed by atoms with E-state index in [0.29, 0.717) is 0 Å². The highest BCUT2D eigenvalue weighted by molar-refractivity contribution is 6.31. The van der Waals surface area contributed by atoms with Gasteiger partial charge in [-0.3, -0.25) is 0 Å². The second kappa shape index (κ2) is 3.98. The lowest BCUT2D eigenvalue weighted by Crippen LogP contribution is -1.65. The molecule has 1 aromatic heterocycles. The third-order valence-electron chi connectivity index (χ3n) is 1.52. The van der Waals surface area contributed by atoms with E-state index in [1.54, 1.807) is 0 Å². The first-order valence-corrected chi connectivity index (χ1v) is 3.97. The summed E-state index contributed by atoms with van der Waals surface area (Å²) in [5, 5.41) is 1.94. The van der Waals surface area contributed by atoms with Crippen LogP contribution in [0.2, 0.25) is 5.02 Å².